The molecule has 2 fully saturated rings. The Labute approximate surface area is 110 Å². The molecule has 0 amide bonds. The highest BCUT2D eigenvalue weighted by atomic mass is 16.7. The van der Waals surface area contributed by atoms with Crippen LogP contribution in [-0.4, -0.2) is 19.4 Å². The van der Waals surface area contributed by atoms with Crippen LogP contribution in [0.5, 0.6) is 0 Å². The largest absolute Gasteiger partial charge is 0.439 e. The summed E-state index contributed by atoms with van der Waals surface area (Å²) in [5.74, 6) is 1.53. The summed E-state index contributed by atoms with van der Waals surface area (Å²) in [6.07, 6.45) is 9.38. The molecule has 0 aromatic heterocycles. The van der Waals surface area contributed by atoms with Crippen LogP contribution in [0.3, 0.4) is 0 Å². The fourth-order valence-corrected chi connectivity index (χ4v) is 4.02. The maximum atomic E-state index is 10.7. The van der Waals surface area contributed by atoms with Crippen molar-refractivity contribution >= 4 is 5.97 Å². The van der Waals surface area contributed by atoms with Gasteiger partial charge in [0.05, 0.1) is 6.61 Å². The van der Waals surface area contributed by atoms with Crippen molar-refractivity contribution in [2.24, 2.45) is 17.3 Å². The highest BCUT2D eigenvalue weighted by Gasteiger charge is 2.42. The van der Waals surface area contributed by atoms with Gasteiger partial charge in [0.15, 0.2) is 6.79 Å². The molecular formula is C15H26O3. The maximum Gasteiger partial charge on any atom is 0.304 e. The van der Waals surface area contributed by atoms with Gasteiger partial charge in [-0.1, -0.05) is 26.2 Å². The van der Waals surface area contributed by atoms with Crippen molar-refractivity contribution in [2.45, 2.75) is 58.8 Å². The molecule has 0 heterocycles. The standard InChI is InChI=1S/C15H26O3/c1-3-13-7-14-5-4-6-15(8-13,9-14)10-17-11-18-12(2)16/h13-14H,3-11H2,1-2H3. The van der Waals surface area contributed by atoms with Gasteiger partial charge in [0.1, 0.15) is 0 Å². The summed E-state index contributed by atoms with van der Waals surface area (Å²) in [5.41, 5.74) is 0.377. The fourth-order valence-electron chi connectivity index (χ4n) is 4.02. The molecule has 0 N–H and O–H groups in total. The number of ether oxygens (including phenoxy) is 2. The van der Waals surface area contributed by atoms with E-state index in [9.17, 15) is 4.79 Å². The van der Waals surface area contributed by atoms with Crippen LogP contribution in [0.4, 0.5) is 0 Å². The Kier molecular flexibility index (Phi) is 4.66. The molecule has 2 bridgehead atoms. The molecule has 2 aliphatic rings. The van der Waals surface area contributed by atoms with Gasteiger partial charge in [-0.2, -0.15) is 0 Å². The second-order valence-corrected chi connectivity index (χ2v) is 6.28. The van der Waals surface area contributed by atoms with Crippen LogP contribution in [-0.2, 0) is 14.3 Å². The van der Waals surface area contributed by atoms with Gasteiger partial charge < -0.3 is 9.47 Å². The Morgan fingerprint density at radius 3 is 2.94 bits per heavy atom. The number of hydrogen-bond acceptors (Lipinski definition) is 3. The first-order valence-electron chi connectivity index (χ1n) is 7.35. The van der Waals surface area contributed by atoms with Crippen LogP contribution < -0.4 is 0 Å². The molecule has 3 atom stereocenters. The summed E-state index contributed by atoms with van der Waals surface area (Å²) in [7, 11) is 0. The van der Waals surface area contributed by atoms with E-state index in [1.54, 1.807) is 0 Å². The van der Waals surface area contributed by atoms with Crippen LogP contribution in [0.15, 0.2) is 0 Å². The van der Waals surface area contributed by atoms with Gasteiger partial charge in [0.2, 0.25) is 0 Å². The number of esters is 1. The molecule has 18 heavy (non-hydrogen) atoms. The maximum absolute atomic E-state index is 10.7. The number of hydrogen-bond donors (Lipinski definition) is 0. The topological polar surface area (TPSA) is 35.5 Å². The summed E-state index contributed by atoms with van der Waals surface area (Å²) in [4.78, 5) is 10.7. The Balaban J connectivity index is 1.84. The highest BCUT2D eigenvalue weighted by Crippen LogP contribution is 2.51. The molecule has 2 rings (SSSR count). The van der Waals surface area contributed by atoms with Gasteiger partial charge >= 0.3 is 5.97 Å². The lowest BCUT2D eigenvalue weighted by atomic mass is 9.59. The van der Waals surface area contributed by atoms with E-state index >= 15 is 0 Å². The van der Waals surface area contributed by atoms with Crippen LogP contribution in [0.1, 0.15) is 58.8 Å². The summed E-state index contributed by atoms with van der Waals surface area (Å²) < 4.78 is 10.5. The molecule has 2 aliphatic carbocycles. The lowest BCUT2D eigenvalue weighted by Gasteiger charge is -2.48. The first-order chi connectivity index (χ1) is 8.63. The monoisotopic (exact) mass is 254 g/mol. The van der Waals surface area contributed by atoms with E-state index in [1.165, 1.54) is 51.9 Å². The zero-order valence-electron chi connectivity index (χ0n) is 11.7. The van der Waals surface area contributed by atoms with Crippen molar-refractivity contribution in [2.75, 3.05) is 13.4 Å². The minimum Gasteiger partial charge on any atom is -0.439 e. The zero-order valence-corrected chi connectivity index (χ0v) is 11.7. The molecule has 2 saturated carbocycles. The molecule has 3 nitrogen and oxygen atoms in total. The summed E-state index contributed by atoms with van der Waals surface area (Å²) >= 11 is 0. The van der Waals surface area contributed by atoms with Crippen molar-refractivity contribution in [3.05, 3.63) is 0 Å². The average Bonchev–Trinajstić information content (AvgIpc) is 2.34. The fraction of sp³-hybridized carbons (Fsp3) is 0.933. The Morgan fingerprint density at radius 2 is 2.22 bits per heavy atom. The molecule has 0 spiro atoms. The van der Waals surface area contributed by atoms with Crippen LogP contribution in [0, 0.1) is 17.3 Å². The zero-order chi connectivity index (χ0) is 13.0. The highest BCUT2D eigenvalue weighted by molar-refractivity contribution is 5.65. The number of rotatable bonds is 5. The van der Waals surface area contributed by atoms with Crippen LogP contribution >= 0.6 is 0 Å². The predicted molar refractivity (Wildman–Crippen MR) is 70.0 cm³/mol. The van der Waals surface area contributed by atoms with Crippen LogP contribution in [0.25, 0.3) is 0 Å². The first-order valence-corrected chi connectivity index (χ1v) is 7.35. The van der Waals surface area contributed by atoms with Gasteiger partial charge in [0.25, 0.3) is 0 Å². The number of carbonyl (C=O) groups excluding carboxylic acids is 1. The SMILES string of the molecule is CCC1CC2CCCC(COCOC(C)=O)(C1)C2. The van der Waals surface area contributed by atoms with E-state index in [-0.39, 0.29) is 12.8 Å². The summed E-state index contributed by atoms with van der Waals surface area (Å²) in [6.45, 7) is 4.62. The van der Waals surface area contributed by atoms with Crippen molar-refractivity contribution in [3.8, 4) is 0 Å². The normalized spacial score (nSPS) is 35.2. The second kappa shape index (κ2) is 6.05. The summed E-state index contributed by atoms with van der Waals surface area (Å²) in [6, 6.07) is 0. The summed E-state index contributed by atoms with van der Waals surface area (Å²) in [5, 5.41) is 0. The van der Waals surface area contributed by atoms with E-state index in [1.807, 2.05) is 0 Å². The molecule has 3 heteroatoms. The van der Waals surface area contributed by atoms with E-state index in [4.69, 9.17) is 9.47 Å². The Bertz CT molecular complexity index is 289. The second-order valence-electron chi connectivity index (χ2n) is 6.28. The number of fused-ring (bicyclic) bond motifs is 2. The van der Waals surface area contributed by atoms with Gasteiger partial charge in [-0.05, 0) is 42.9 Å². The third-order valence-electron chi connectivity index (χ3n) is 4.76. The van der Waals surface area contributed by atoms with E-state index < -0.39 is 0 Å². The van der Waals surface area contributed by atoms with Gasteiger partial charge in [-0.25, -0.2) is 0 Å². The van der Waals surface area contributed by atoms with Crippen molar-refractivity contribution in [1.29, 1.82) is 0 Å². The smallest absolute Gasteiger partial charge is 0.304 e. The van der Waals surface area contributed by atoms with Gasteiger partial charge in [0, 0.05) is 6.92 Å². The average molecular weight is 254 g/mol. The molecule has 0 aliphatic heterocycles. The molecule has 0 saturated heterocycles. The van der Waals surface area contributed by atoms with E-state index in [0.717, 1.165) is 18.4 Å². The minimum absolute atomic E-state index is 0.124. The number of carbonyl (C=O) groups is 1. The Morgan fingerprint density at radius 1 is 1.39 bits per heavy atom. The molecule has 0 aromatic carbocycles. The molecular weight excluding hydrogens is 228 g/mol. The first kappa shape index (κ1) is 13.9. The van der Waals surface area contributed by atoms with Gasteiger partial charge in [-0.3, -0.25) is 4.79 Å². The Hall–Kier alpha value is -0.570. The molecule has 3 unspecified atom stereocenters. The lowest BCUT2D eigenvalue weighted by molar-refractivity contribution is -0.159. The third kappa shape index (κ3) is 3.47. The van der Waals surface area contributed by atoms with Crippen LogP contribution in [0.2, 0.25) is 0 Å². The predicted octanol–water partition coefficient (Wildman–Crippen LogP) is 3.52. The van der Waals surface area contributed by atoms with Gasteiger partial charge in [-0.15, -0.1) is 0 Å². The van der Waals surface area contributed by atoms with E-state index in [0.29, 0.717) is 5.41 Å². The molecule has 0 radical (unpaired) electrons. The van der Waals surface area contributed by atoms with E-state index in [2.05, 4.69) is 6.92 Å². The third-order valence-corrected chi connectivity index (χ3v) is 4.76. The minimum atomic E-state index is -0.260. The van der Waals surface area contributed by atoms with Crippen molar-refractivity contribution in [3.63, 3.8) is 0 Å². The molecule has 0 aromatic rings. The lowest BCUT2D eigenvalue weighted by Crippen LogP contribution is -2.40. The quantitative estimate of drug-likeness (QED) is 0.428. The molecule has 104 valence electrons. The van der Waals surface area contributed by atoms with Crippen molar-refractivity contribution in [1.82, 2.24) is 0 Å². The van der Waals surface area contributed by atoms with Crippen molar-refractivity contribution < 1.29 is 14.3 Å².